The third kappa shape index (κ3) is 3.41. The highest BCUT2D eigenvalue weighted by Gasteiger charge is 2.29. The number of nitrogens with zero attached hydrogens (tertiary/aromatic N) is 3. The molecule has 4 rings (SSSR count). The molecule has 7 nitrogen and oxygen atoms in total. The summed E-state index contributed by atoms with van der Waals surface area (Å²) in [5, 5.41) is 3.53. The first-order chi connectivity index (χ1) is 12.9. The van der Waals surface area contributed by atoms with Crippen molar-refractivity contribution in [3.63, 3.8) is 0 Å². The lowest BCUT2D eigenvalue weighted by molar-refractivity contribution is -0.114. The molecule has 0 radical (unpaired) electrons. The molecule has 0 fully saturated rings. The average molecular weight is 382 g/mol. The maximum absolute atomic E-state index is 13.0. The number of carbonyl (C=O) groups excluding carboxylic acids is 1. The molecule has 0 unspecified atom stereocenters. The Balaban J connectivity index is 1.62. The zero-order valence-electron chi connectivity index (χ0n) is 14.7. The van der Waals surface area contributed by atoms with Crippen LogP contribution in [-0.4, -0.2) is 35.1 Å². The first kappa shape index (κ1) is 17.6. The minimum absolute atomic E-state index is 0.201. The molecule has 0 saturated carbocycles. The van der Waals surface area contributed by atoms with E-state index in [2.05, 4.69) is 15.3 Å². The summed E-state index contributed by atoms with van der Waals surface area (Å²) >= 11 is 0. The van der Waals surface area contributed by atoms with E-state index in [-0.39, 0.29) is 17.3 Å². The lowest BCUT2D eigenvalue weighted by atomic mass is 10.1. The fourth-order valence-electron chi connectivity index (χ4n) is 3.21. The zero-order chi connectivity index (χ0) is 19.0. The normalized spacial score (nSPS) is 14.7. The van der Waals surface area contributed by atoms with Crippen molar-refractivity contribution in [2.75, 3.05) is 11.9 Å². The summed E-state index contributed by atoms with van der Waals surface area (Å²) in [5.41, 5.74) is 3.04. The smallest absolute Gasteiger partial charge is 0.243 e. The van der Waals surface area contributed by atoms with Crippen LogP contribution in [0.5, 0.6) is 0 Å². The minimum Gasteiger partial charge on any atom is -0.326 e. The van der Waals surface area contributed by atoms with Crippen LogP contribution in [0.1, 0.15) is 18.2 Å². The van der Waals surface area contributed by atoms with Crippen molar-refractivity contribution in [1.29, 1.82) is 0 Å². The summed E-state index contributed by atoms with van der Waals surface area (Å²) in [5.74, 6) is -0.201. The van der Waals surface area contributed by atoms with Gasteiger partial charge in [0, 0.05) is 49.4 Å². The van der Waals surface area contributed by atoms with Crippen LogP contribution in [0.4, 0.5) is 5.69 Å². The van der Waals surface area contributed by atoms with E-state index in [0.29, 0.717) is 24.3 Å². The number of aromatic nitrogens is 2. The second-order valence-corrected chi connectivity index (χ2v) is 8.38. The number of sulfonamides is 1. The number of pyridine rings is 2. The van der Waals surface area contributed by atoms with Crippen LogP contribution in [0.3, 0.4) is 0 Å². The molecular formula is C19H18N4O3S. The Kier molecular flexibility index (Phi) is 4.37. The van der Waals surface area contributed by atoms with Gasteiger partial charge in [-0.2, -0.15) is 4.31 Å². The van der Waals surface area contributed by atoms with Gasteiger partial charge in [-0.15, -0.1) is 0 Å². The van der Waals surface area contributed by atoms with Gasteiger partial charge in [0.2, 0.25) is 15.9 Å². The number of nitrogens with one attached hydrogen (secondary N) is 1. The largest absolute Gasteiger partial charge is 0.326 e. The van der Waals surface area contributed by atoms with Gasteiger partial charge in [0.1, 0.15) is 0 Å². The molecule has 1 amide bonds. The number of amides is 1. The Morgan fingerprint density at radius 1 is 1.19 bits per heavy atom. The molecule has 0 spiro atoms. The number of anilines is 1. The number of carbonyl (C=O) groups is 1. The van der Waals surface area contributed by atoms with Crippen molar-refractivity contribution in [3.8, 4) is 0 Å². The number of rotatable bonds is 3. The third-order valence-electron chi connectivity index (χ3n) is 4.52. The van der Waals surface area contributed by atoms with Crippen molar-refractivity contribution in [1.82, 2.24) is 14.3 Å². The van der Waals surface area contributed by atoms with Crippen LogP contribution in [0, 0.1) is 0 Å². The second kappa shape index (κ2) is 6.71. The molecule has 8 heteroatoms. The summed E-state index contributed by atoms with van der Waals surface area (Å²) < 4.78 is 27.5. The lowest BCUT2D eigenvalue weighted by Crippen LogP contribution is -2.36. The van der Waals surface area contributed by atoms with E-state index in [0.717, 1.165) is 16.6 Å². The summed E-state index contributed by atoms with van der Waals surface area (Å²) in [4.78, 5) is 20.1. The quantitative estimate of drug-likeness (QED) is 0.751. The van der Waals surface area contributed by atoms with Crippen LogP contribution < -0.4 is 5.32 Å². The summed E-state index contributed by atoms with van der Waals surface area (Å²) in [6.45, 7) is 2.06. The summed E-state index contributed by atoms with van der Waals surface area (Å²) in [6, 6.07) is 11.9. The molecule has 3 heterocycles. The van der Waals surface area contributed by atoms with Crippen molar-refractivity contribution in [3.05, 3.63) is 59.9 Å². The Morgan fingerprint density at radius 2 is 1.96 bits per heavy atom. The first-order valence-electron chi connectivity index (χ1n) is 8.55. The molecule has 138 valence electrons. The molecular weight excluding hydrogens is 364 g/mol. The van der Waals surface area contributed by atoms with Crippen LogP contribution in [0.2, 0.25) is 0 Å². The molecule has 1 aromatic carbocycles. The molecule has 3 aromatic rings. The van der Waals surface area contributed by atoms with E-state index in [1.807, 2.05) is 18.2 Å². The van der Waals surface area contributed by atoms with Crippen LogP contribution in [0.25, 0.3) is 11.0 Å². The Morgan fingerprint density at radius 3 is 2.70 bits per heavy atom. The predicted molar refractivity (Wildman–Crippen MR) is 102 cm³/mol. The topological polar surface area (TPSA) is 92.3 Å². The number of fused-ring (bicyclic) bond motifs is 2. The maximum atomic E-state index is 13.0. The van der Waals surface area contributed by atoms with Gasteiger partial charge in [0.05, 0.1) is 4.90 Å². The molecule has 0 atom stereocenters. The van der Waals surface area contributed by atoms with Gasteiger partial charge in [-0.1, -0.05) is 0 Å². The Bertz CT molecular complexity index is 1130. The summed E-state index contributed by atoms with van der Waals surface area (Å²) in [6.07, 6.45) is 2.25. The number of hydrogen-bond acceptors (Lipinski definition) is 5. The van der Waals surface area contributed by atoms with Crippen molar-refractivity contribution >= 4 is 32.7 Å². The molecule has 2 aromatic heterocycles. The zero-order valence-corrected chi connectivity index (χ0v) is 15.5. The highest BCUT2D eigenvalue weighted by Crippen LogP contribution is 2.26. The molecule has 0 bridgehead atoms. The fourth-order valence-corrected chi connectivity index (χ4v) is 4.63. The number of hydrogen-bond donors (Lipinski definition) is 1. The first-order valence-corrected chi connectivity index (χ1v) is 9.99. The van der Waals surface area contributed by atoms with Gasteiger partial charge in [-0.3, -0.25) is 4.79 Å². The van der Waals surface area contributed by atoms with Gasteiger partial charge in [-0.25, -0.2) is 18.4 Å². The highest BCUT2D eigenvalue weighted by atomic mass is 32.2. The Hall–Kier alpha value is -2.84. The van der Waals surface area contributed by atoms with Crippen LogP contribution >= 0.6 is 0 Å². The maximum Gasteiger partial charge on any atom is 0.243 e. The van der Waals surface area contributed by atoms with E-state index < -0.39 is 10.0 Å². The van der Waals surface area contributed by atoms with E-state index in [1.54, 1.807) is 18.3 Å². The molecule has 1 N–H and O–H groups in total. The molecule has 27 heavy (non-hydrogen) atoms. The number of benzene rings is 1. The highest BCUT2D eigenvalue weighted by molar-refractivity contribution is 7.89. The van der Waals surface area contributed by atoms with Crippen LogP contribution in [0.15, 0.2) is 53.6 Å². The second-order valence-electron chi connectivity index (χ2n) is 6.44. The molecule has 1 aliphatic rings. The third-order valence-corrected chi connectivity index (χ3v) is 6.37. The fraction of sp³-hybridized carbons (Fsp3) is 0.211. The van der Waals surface area contributed by atoms with Crippen LogP contribution in [-0.2, 0) is 27.8 Å². The SMILES string of the molecule is CC(=O)Nc1ccc(S(=O)(=O)N2CCc3nc4ncccc4cc3C2)cc1. The summed E-state index contributed by atoms with van der Waals surface area (Å²) in [7, 11) is -3.63. The van der Waals surface area contributed by atoms with Gasteiger partial charge >= 0.3 is 0 Å². The van der Waals surface area contributed by atoms with Crippen molar-refractivity contribution in [2.45, 2.75) is 24.8 Å². The van der Waals surface area contributed by atoms with E-state index in [9.17, 15) is 13.2 Å². The molecule has 1 aliphatic heterocycles. The lowest BCUT2D eigenvalue weighted by Gasteiger charge is -2.27. The van der Waals surface area contributed by atoms with E-state index in [4.69, 9.17) is 0 Å². The van der Waals surface area contributed by atoms with Gasteiger partial charge in [-0.05, 0) is 48.0 Å². The van der Waals surface area contributed by atoms with Gasteiger partial charge < -0.3 is 5.32 Å². The minimum atomic E-state index is -3.63. The predicted octanol–water partition coefficient (Wildman–Crippen LogP) is 2.34. The van der Waals surface area contributed by atoms with Gasteiger partial charge in [0.25, 0.3) is 0 Å². The van der Waals surface area contributed by atoms with E-state index in [1.165, 1.54) is 23.4 Å². The van der Waals surface area contributed by atoms with Crippen molar-refractivity contribution in [2.24, 2.45) is 0 Å². The van der Waals surface area contributed by atoms with Crippen molar-refractivity contribution < 1.29 is 13.2 Å². The van der Waals surface area contributed by atoms with E-state index >= 15 is 0 Å². The Labute approximate surface area is 157 Å². The molecule has 0 saturated heterocycles. The molecule has 0 aliphatic carbocycles. The average Bonchev–Trinajstić information content (AvgIpc) is 2.66. The van der Waals surface area contributed by atoms with Gasteiger partial charge in [0.15, 0.2) is 5.65 Å². The standard InChI is InChI=1S/C19H18N4O3S/c1-13(24)21-16-4-6-17(7-5-16)27(25,26)23-10-8-18-15(12-23)11-14-3-2-9-20-19(14)22-18/h2-7,9,11H,8,10,12H2,1H3,(H,21,24). The monoisotopic (exact) mass is 382 g/mol.